The number of halogens is 1. The molecule has 0 spiro atoms. The van der Waals surface area contributed by atoms with E-state index in [4.69, 9.17) is 0 Å². The average molecular weight is 360 g/mol. The zero-order chi connectivity index (χ0) is 17.6. The lowest BCUT2D eigenvalue weighted by atomic mass is 9.84. The summed E-state index contributed by atoms with van der Waals surface area (Å²) in [6.45, 7) is 2.89. The topological polar surface area (TPSA) is 19.4 Å². The quantitative estimate of drug-likeness (QED) is 0.797. The summed E-state index contributed by atoms with van der Waals surface area (Å²) in [5.74, 6) is 0.484. The zero-order valence-electron chi connectivity index (χ0n) is 15.2. The third-order valence-corrected chi connectivity index (χ3v) is 6.95. The number of piperidine rings is 1. The van der Waals surface area contributed by atoms with Crippen molar-refractivity contribution in [3.8, 4) is 0 Å². The smallest absolute Gasteiger partial charge is 0.185 e. The molecule has 1 unspecified atom stereocenters. The van der Waals surface area contributed by atoms with Gasteiger partial charge >= 0.3 is 0 Å². The minimum Gasteiger partial charge on any atom is -0.354 e. The summed E-state index contributed by atoms with van der Waals surface area (Å²) in [6, 6.07) is 6.99. The molecule has 3 nitrogen and oxygen atoms in total. The first kappa shape index (κ1) is 17.0. The van der Waals surface area contributed by atoms with Crippen molar-refractivity contribution in [1.82, 2.24) is 9.88 Å². The Hall–Kier alpha value is -1.46. The van der Waals surface area contributed by atoms with Crippen LogP contribution < -0.4 is 4.90 Å². The Morgan fingerprint density at radius 1 is 1.24 bits per heavy atom. The second-order valence-electron chi connectivity index (χ2n) is 7.74. The highest BCUT2D eigenvalue weighted by atomic mass is 32.1. The molecule has 3 atom stereocenters. The fourth-order valence-electron chi connectivity index (χ4n) is 4.48. The van der Waals surface area contributed by atoms with Crippen LogP contribution in [0.3, 0.4) is 0 Å². The molecule has 2 saturated heterocycles. The predicted octanol–water partition coefficient (Wildman–Crippen LogP) is 4.57. The molecule has 2 aliphatic rings. The number of hydrogen-bond acceptors (Lipinski definition) is 4. The van der Waals surface area contributed by atoms with E-state index in [1.54, 1.807) is 17.4 Å². The lowest BCUT2D eigenvalue weighted by molar-refractivity contribution is 0.119. The Morgan fingerprint density at radius 2 is 1.96 bits per heavy atom. The molecule has 3 heterocycles. The second kappa shape index (κ2) is 6.69. The number of aromatic nitrogens is 1. The van der Waals surface area contributed by atoms with Crippen LogP contribution >= 0.6 is 11.3 Å². The Labute approximate surface area is 153 Å². The van der Waals surface area contributed by atoms with E-state index >= 15 is 0 Å². The highest BCUT2D eigenvalue weighted by Crippen LogP contribution is 2.44. The summed E-state index contributed by atoms with van der Waals surface area (Å²) in [7, 11) is 4.09. The Bertz CT molecular complexity index is 743. The first-order chi connectivity index (χ1) is 12.0. The first-order valence-electron chi connectivity index (χ1n) is 9.15. The lowest BCUT2D eigenvalue weighted by Gasteiger charge is -2.39. The molecule has 2 aliphatic heterocycles. The van der Waals surface area contributed by atoms with Crippen molar-refractivity contribution in [3.63, 3.8) is 0 Å². The fourth-order valence-corrected chi connectivity index (χ4v) is 5.32. The maximum atomic E-state index is 13.6. The van der Waals surface area contributed by atoms with Crippen molar-refractivity contribution < 1.29 is 4.39 Å². The normalized spacial score (nSPS) is 26.2. The number of nitrogens with zero attached hydrogens (tertiary/aromatic N) is 3. The lowest BCUT2D eigenvalue weighted by Crippen LogP contribution is -2.41. The third-order valence-electron chi connectivity index (χ3n) is 5.80. The Morgan fingerprint density at radius 3 is 2.56 bits per heavy atom. The molecule has 2 bridgehead atoms. The molecule has 5 heteroatoms. The molecular weight excluding hydrogens is 333 g/mol. The van der Waals surface area contributed by atoms with Crippen molar-refractivity contribution >= 4 is 16.5 Å². The zero-order valence-corrected chi connectivity index (χ0v) is 16.0. The van der Waals surface area contributed by atoms with Gasteiger partial charge in [-0.1, -0.05) is 12.1 Å². The number of rotatable bonds is 4. The number of hydrogen-bond donors (Lipinski definition) is 0. The fraction of sp³-hybridized carbons (Fsp3) is 0.550. The van der Waals surface area contributed by atoms with Crippen LogP contribution in [-0.2, 0) is 6.54 Å². The summed E-state index contributed by atoms with van der Waals surface area (Å²) >= 11 is 1.80. The molecule has 2 aromatic rings. The van der Waals surface area contributed by atoms with E-state index < -0.39 is 0 Å². The van der Waals surface area contributed by atoms with Crippen molar-refractivity contribution in [2.24, 2.45) is 0 Å². The molecule has 1 aromatic carbocycles. The predicted molar refractivity (Wildman–Crippen MR) is 102 cm³/mol. The van der Waals surface area contributed by atoms with E-state index in [1.165, 1.54) is 36.1 Å². The highest BCUT2D eigenvalue weighted by molar-refractivity contribution is 7.15. The van der Waals surface area contributed by atoms with Crippen molar-refractivity contribution in [2.75, 3.05) is 19.0 Å². The van der Waals surface area contributed by atoms with Crippen LogP contribution in [-0.4, -0.2) is 36.1 Å². The van der Waals surface area contributed by atoms with Gasteiger partial charge in [-0.05, 0) is 55.7 Å². The van der Waals surface area contributed by atoms with Crippen molar-refractivity contribution in [2.45, 2.75) is 57.2 Å². The van der Waals surface area contributed by atoms with E-state index in [1.807, 2.05) is 33.3 Å². The SMILES string of the molecule is Cc1cc(C2C[C@H]3CC[C@@H](C2)N3Cc2cnc(N(C)C)s2)ccc1F. The van der Waals surface area contributed by atoms with Gasteiger partial charge in [0.25, 0.3) is 0 Å². The summed E-state index contributed by atoms with van der Waals surface area (Å²) in [5, 5.41) is 1.08. The second-order valence-corrected chi connectivity index (χ2v) is 8.83. The Kier molecular flexibility index (Phi) is 4.54. The number of fused-ring (bicyclic) bond motifs is 2. The van der Waals surface area contributed by atoms with Gasteiger partial charge in [-0.25, -0.2) is 9.37 Å². The van der Waals surface area contributed by atoms with E-state index in [2.05, 4.69) is 20.9 Å². The molecular formula is C20H26FN3S. The molecule has 25 heavy (non-hydrogen) atoms. The van der Waals surface area contributed by atoms with E-state index in [9.17, 15) is 4.39 Å². The summed E-state index contributed by atoms with van der Waals surface area (Å²) in [5.41, 5.74) is 2.09. The van der Waals surface area contributed by atoms with E-state index in [0.29, 0.717) is 18.0 Å². The van der Waals surface area contributed by atoms with Gasteiger partial charge in [-0.15, -0.1) is 11.3 Å². The van der Waals surface area contributed by atoms with Crippen LogP contribution in [0.4, 0.5) is 9.52 Å². The van der Waals surface area contributed by atoms with E-state index in [0.717, 1.165) is 17.2 Å². The monoisotopic (exact) mass is 359 g/mol. The maximum Gasteiger partial charge on any atom is 0.185 e. The standard InChI is InChI=1S/C20H26FN3S/c1-13-8-14(4-7-19(13)21)15-9-16-5-6-17(10-15)24(16)12-18-11-22-20(25-18)23(2)3/h4,7-8,11,15-17H,5-6,9-10,12H2,1-3H3/t15?,16-,17+. The van der Waals surface area contributed by atoms with Crippen molar-refractivity contribution in [1.29, 1.82) is 0 Å². The third kappa shape index (κ3) is 3.32. The minimum absolute atomic E-state index is 0.0916. The van der Waals surface area contributed by atoms with Crippen LogP contribution in [0.15, 0.2) is 24.4 Å². The van der Waals surface area contributed by atoms with Gasteiger partial charge in [0.05, 0.1) is 0 Å². The van der Waals surface area contributed by atoms with Crippen LogP contribution in [0.25, 0.3) is 0 Å². The summed E-state index contributed by atoms with van der Waals surface area (Å²) in [6.07, 6.45) is 7.01. The molecule has 0 amide bonds. The molecule has 134 valence electrons. The Balaban J connectivity index is 1.47. The molecule has 0 aliphatic carbocycles. The molecule has 2 fully saturated rings. The van der Waals surface area contributed by atoms with Crippen molar-refractivity contribution in [3.05, 3.63) is 46.2 Å². The van der Waals surface area contributed by atoms with Gasteiger partial charge in [0.1, 0.15) is 5.82 Å². The number of anilines is 1. The molecule has 0 N–H and O–H groups in total. The number of benzene rings is 1. The maximum absolute atomic E-state index is 13.6. The van der Waals surface area contributed by atoms with Gasteiger partial charge in [-0.3, -0.25) is 4.90 Å². The molecule has 0 saturated carbocycles. The number of thiazole rings is 1. The van der Waals surface area contributed by atoms with Crippen LogP contribution in [0.5, 0.6) is 0 Å². The van der Waals surface area contributed by atoms with E-state index in [-0.39, 0.29) is 5.82 Å². The molecule has 0 radical (unpaired) electrons. The van der Waals surface area contributed by atoms with Crippen LogP contribution in [0.1, 0.15) is 47.6 Å². The molecule has 1 aromatic heterocycles. The summed E-state index contributed by atoms with van der Waals surface area (Å²) in [4.78, 5) is 10.6. The van der Waals surface area contributed by atoms with Gasteiger partial charge in [0.2, 0.25) is 0 Å². The average Bonchev–Trinajstić information content (AvgIpc) is 3.13. The van der Waals surface area contributed by atoms with Gasteiger partial charge in [0, 0.05) is 43.8 Å². The van der Waals surface area contributed by atoms with Crippen LogP contribution in [0, 0.1) is 12.7 Å². The van der Waals surface area contributed by atoms with Gasteiger partial charge < -0.3 is 4.90 Å². The van der Waals surface area contributed by atoms with Gasteiger partial charge in [0.15, 0.2) is 5.13 Å². The number of aryl methyl sites for hydroxylation is 1. The highest BCUT2D eigenvalue weighted by Gasteiger charge is 2.41. The molecule has 4 rings (SSSR count). The summed E-state index contributed by atoms with van der Waals surface area (Å²) < 4.78 is 13.6. The van der Waals surface area contributed by atoms with Gasteiger partial charge in [-0.2, -0.15) is 0 Å². The minimum atomic E-state index is -0.0916. The first-order valence-corrected chi connectivity index (χ1v) is 9.96. The van der Waals surface area contributed by atoms with Crippen LogP contribution in [0.2, 0.25) is 0 Å². The largest absolute Gasteiger partial charge is 0.354 e.